The molecule has 4 N–H and O–H groups in total. The van der Waals surface area contributed by atoms with Crippen molar-refractivity contribution in [2.75, 3.05) is 13.1 Å². The number of carbonyl (C=O) groups excluding carboxylic acids is 1. The molecule has 2 fully saturated rings. The van der Waals surface area contributed by atoms with Gasteiger partial charge in [-0.05, 0) is 37.6 Å². The van der Waals surface area contributed by atoms with E-state index in [4.69, 9.17) is 5.73 Å². The fourth-order valence-corrected chi connectivity index (χ4v) is 3.32. The van der Waals surface area contributed by atoms with Gasteiger partial charge in [-0.15, -0.1) is 0 Å². The van der Waals surface area contributed by atoms with Crippen LogP contribution < -0.4 is 11.1 Å². The third-order valence-corrected chi connectivity index (χ3v) is 5.02. The lowest BCUT2D eigenvalue weighted by Crippen LogP contribution is -2.45. The Balaban J connectivity index is 1.84. The number of hydrogen-bond acceptors (Lipinski definition) is 3. The van der Waals surface area contributed by atoms with Crippen molar-refractivity contribution in [3.63, 3.8) is 0 Å². The summed E-state index contributed by atoms with van der Waals surface area (Å²) in [4.78, 5) is 23.3. The summed E-state index contributed by atoms with van der Waals surface area (Å²) in [7, 11) is 0. The van der Waals surface area contributed by atoms with E-state index < -0.39 is 11.4 Å². The van der Waals surface area contributed by atoms with Gasteiger partial charge in [0.05, 0.1) is 5.41 Å². The molecule has 1 amide bonds. The number of carboxylic acids is 1. The molecule has 2 aliphatic rings. The molecule has 0 bridgehead atoms. The quantitative estimate of drug-likeness (QED) is 0.676. The second-order valence-corrected chi connectivity index (χ2v) is 6.30. The van der Waals surface area contributed by atoms with Crippen LogP contribution in [-0.2, 0) is 9.59 Å². The third-order valence-electron chi connectivity index (χ3n) is 5.02. The zero-order valence-electron chi connectivity index (χ0n) is 11.4. The molecule has 0 spiro atoms. The van der Waals surface area contributed by atoms with Gasteiger partial charge in [-0.25, -0.2) is 0 Å². The fraction of sp³-hybridized carbons (Fsp3) is 0.857. The Labute approximate surface area is 113 Å². The Hall–Kier alpha value is -1.10. The van der Waals surface area contributed by atoms with Crippen molar-refractivity contribution >= 4 is 11.9 Å². The lowest BCUT2D eigenvalue weighted by molar-refractivity contribution is -0.148. The summed E-state index contributed by atoms with van der Waals surface area (Å²) in [5, 5.41) is 12.2. The zero-order chi connectivity index (χ0) is 13.9. The molecule has 2 rings (SSSR count). The Morgan fingerprint density at radius 2 is 1.74 bits per heavy atom. The van der Waals surface area contributed by atoms with E-state index in [0.717, 1.165) is 32.1 Å². The molecule has 0 aromatic rings. The number of nitrogens with one attached hydrogen (secondary N) is 1. The van der Waals surface area contributed by atoms with Crippen molar-refractivity contribution in [2.45, 2.75) is 51.4 Å². The molecule has 0 aromatic carbocycles. The van der Waals surface area contributed by atoms with Crippen LogP contribution in [-0.4, -0.2) is 30.1 Å². The molecule has 5 heteroatoms. The van der Waals surface area contributed by atoms with Crippen LogP contribution in [0.3, 0.4) is 0 Å². The molecule has 2 aliphatic carbocycles. The fourth-order valence-electron chi connectivity index (χ4n) is 3.32. The number of carbonyl (C=O) groups is 2. The van der Waals surface area contributed by atoms with Crippen molar-refractivity contribution in [3.05, 3.63) is 0 Å². The van der Waals surface area contributed by atoms with Crippen LogP contribution >= 0.6 is 0 Å². The largest absolute Gasteiger partial charge is 0.481 e. The summed E-state index contributed by atoms with van der Waals surface area (Å²) in [6.07, 6.45) is 6.84. The minimum absolute atomic E-state index is 0.0177. The van der Waals surface area contributed by atoms with Crippen LogP contribution in [0.1, 0.15) is 51.4 Å². The molecule has 0 unspecified atom stereocenters. The van der Waals surface area contributed by atoms with Gasteiger partial charge >= 0.3 is 5.97 Å². The van der Waals surface area contributed by atoms with Gasteiger partial charge in [0.25, 0.3) is 0 Å². The second-order valence-electron chi connectivity index (χ2n) is 6.30. The number of aliphatic carboxylic acids is 1. The SMILES string of the molecule is NCC1(CC(=O)NCC2(C(=O)O)CCCC2)CCC1. The van der Waals surface area contributed by atoms with E-state index in [2.05, 4.69) is 5.32 Å². The smallest absolute Gasteiger partial charge is 0.311 e. The summed E-state index contributed by atoms with van der Waals surface area (Å²) in [6, 6.07) is 0. The molecule has 2 saturated carbocycles. The Morgan fingerprint density at radius 3 is 2.16 bits per heavy atom. The van der Waals surface area contributed by atoms with Crippen LogP contribution in [0.4, 0.5) is 0 Å². The maximum atomic E-state index is 12.0. The average Bonchev–Trinajstić information content (AvgIpc) is 2.81. The first-order valence-electron chi connectivity index (χ1n) is 7.22. The topological polar surface area (TPSA) is 92.4 Å². The monoisotopic (exact) mass is 268 g/mol. The molecular weight excluding hydrogens is 244 g/mol. The highest BCUT2D eigenvalue weighted by Crippen LogP contribution is 2.43. The molecule has 5 nitrogen and oxygen atoms in total. The normalized spacial score (nSPS) is 23.6. The van der Waals surface area contributed by atoms with Gasteiger partial charge in [0.2, 0.25) is 5.91 Å². The highest BCUT2D eigenvalue weighted by atomic mass is 16.4. The zero-order valence-corrected chi connectivity index (χ0v) is 11.4. The van der Waals surface area contributed by atoms with E-state index in [0.29, 0.717) is 25.8 Å². The Bertz CT molecular complexity index is 352. The Morgan fingerprint density at radius 1 is 1.11 bits per heavy atom. The maximum absolute atomic E-state index is 12.0. The van der Waals surface area contributed by atoms with Crippen LogP contribution in [0.5, 0.6) is 0 Å². The lowest BCUT2D eigenvalue weighted by atomic mass is 9.66. The second kappa shape index (κ2) is 5.49. The number of nitrogens with two attached hydrogens (primary N) is 1. The van der Waals surface area contributed by atoms with E-state index in [1.807, 2.05) is 0 Å². The van der Waals surface area contributed by atoms with Crippen LogP contribution in [0, 0.1) is 10.8 Å². The maximum Gasteiger partial charge on any atom is 0.311 e. The first-order valence-corrected chi connectivity index (χ1v) is 7.22. The standard InChI is InChI=1S/C14H24N2O3/c15-9-13(4-3-5-13)8-11(17)16-10-14(12(18)19)6-1-2-7-14/h1-10,15H2,(H,16,17)(H,18,19). The molecule has 19 heavy (non-hydrogen) atoms. The predicted molar refractivity (Wildman–Crippen MR) is 71.5 cm³/mol. The number of carboxylic acid groups (broad SMARTS) is 1. The molecule has 0 radical (unpaired) electrons. The van der Waals surface area contributed by atoms with Crippen LogP contribution in [0.2, 0.25) is 0 Å². The first-order chi connectivity index (χ1) is 9.02. The number of hydrogen-bond donors (Lipinski definition) is 3. The van der Waals surface area contributed by atoms with Gasteiger partial charge in [-0.2, -0.15) is 0 Å². The van der Waals surface area contributed by atoms with Gasteiger partial charge in [0.15, 0.2) is 0 Å². The summed E-state index contributed by atoms with van der Waals surface area (Å²) in [5.74, 6) is -0.819. The molecule has 0 aromatic heterocycles. The van der Waals surface area contributed by atoms with Gasteiger partial charge in [-0.3, -0.25) is 9.59 Å². The summed E-state index contributed by atoms with van der Waals surface area (Å²) < 4.78 is 0. The van der Waals surface area contributed by atoms with Crippen LogP contribution in [0.15, 0.2) is 0 Å². The highest BCUT2D eigenvalue weighted by Gasteiger charge is 2.42. The van der Waals surface area contributed by atoms with E-state index in [9.17, 15) is 14.7 Å². The van der Waals surface area contributed by atoms with Crippen molar-refractivity contribution in [1.82, 2.24) is 5.32 Å². The Kier molecular flexibility index (Phi) is 4.13. The summed E-state index contributed by atoms with van der Waals surface area (Å²) in [6.45, 7) is 0.812. The summed E-state index contributed by atoms with van der Waals surface area (Å²) in [5.41, 5.74) is 4.99. The average molecular weight is 268 g/mol. The molecule has 0 atom stereocenters. The van der Waals surface area contributed by atoms with Crippen molar-refractivity contribution in [2.24, 2.45) is 16.6 Å². The van der Waals surface area contributed by atoms with Crippen LogP contribution in [0.25, 0.3) is 0 Å². The highest BCUT2D eigenvalue weighted by molar-refractivity contribution is 5.79. The van der Waals surface area contributed by atoms with Gasteiger partial charge < -0.3 is 16.2 Å². The summed E-state index contributed by atoms with van der Waals surface area (Å²) >= 11 is 0. The minimum Gasteiger partial charge on any atom is -0.481 e. The number of amides is 1. The van der Waals surface area contributed by atoms with Crippen molar-refractivity contribution < 1.29 is 14.7 Å². The molecular formula is C14H24N2O3. The van der Waals surface area contributed by atoms with Gasteiger partial charge in [0, 0.05) is 13.0 Å². The molecule has 0 aliphatic heterocycles. The molecule has 0 saturated heterocycles. The predicted octanol–water partition coefficient (Wildman–Crippen LogP) is 1.27. The minimum atomic E-state index is -0.775. The van der Waals surface area contributed by atoms with E-state index in [1.165, 1.54) is 0 Å². The van der Waals surface area contributed by atoms with Crippen molar-refractivity contribution in [3.8, 4) is 0 Å². The number of rotatable bonds is 6. The lowest BCUT2D eigenvalue weighted by Gasteiger charge is -2.40. The van der Waals surface area contributed by atoms with E-state index >= 15 is 0 Å². The van der Waals surface area contributed by atoms with Crippen molar-refractivity contribution in [1.29, 1.82) is 0 Å². The van der Waals surface area contributed by atoms with E-state index in [-0.39, 0.29) is 17.9 Å². The van der Waals surface area contributed by atoms with Gasteiger partial charge in [0.1, 0.15) is 0 Å². The molecule has 108 valence electrons. The van der Waals surface area contributed by atoms with E-state index in [1.54, 1.807) is 0 Å². The first kappa shape index (κ1) is 14.3. The third kappa shape index (κ3) is 2.91. The molecule has 0 heterocycles. The van der Waals surface area contributed by atoms with Gasteiger partial charge in [-0.1, -0.05) is 19.3 Å².